The monoisotopic (exact) mass is 492 g/mol. The van der Waals surface area contributed by atoms with E-state index >= 15 is 0 Å². The van der Waals surface area contributed by atoms with Crippen LogP contribution in [0.5, 0.6) is 5.75 Å². The van der Waals surface area contributed by atoms with Crippen molar-refractivity contribution >= 4 is 21.8 Å². The summed E-state index contributed by atoms with van der Waals surface area (Å²) in [5.74, 6) is 0.179. The number of nitrogens with one attached hydrogen (secondary N) is 2. The van der Waals surface area contributed by atoms with Gasteiger partial charge >= 0.3 is 0 Å². The fraction of sp³-hybridized carbons (Fsp3) is 0.138. The van der Waals surface area contributed by atoms with E-state index in [4.69, 9.17) is 4.74 Å². The van der Waals surface area contributed by atoms with Crippen LogP contribution in [0.1, 0.15) is 0 Å². The summed E-state index contributed by atoms with van der Waals surface area (Å²) in [6, 6.07) is 18.8. The Kier molecular flexibility index (Phi) is 5.86. The minimum atomic E-state index is -0.334. The van der Waals surface area contributed by atoms with Gasteiger partial charge in [0.2, 0.25) is 0 Å². The highest BCUT2D eigenvalue weighted by molar-refractivity contribution is 6.01. The number of pyridine rings is 2. The third-order valence-corrected chi connectivity index (χ3v) is 6.33. The molecule has 0 aliphatic carbocycles. The topological polar surface area (TPSA) is 82.7 Å². The smallest absolute Gasteiger partial charge is 0.127 e. The standard InChI is InChI=1S/C29H25FN6O/c1-36(2)10-11-37-21-13-19(12-20(30)14-21)22-4-3-5-25-23(22)15-27(33-25)29-24-16-26(18-6-8-31-9-7-18)32-17-28(24)34-35-29/h3-9,12-17,33H,10-11H2,1-2H3,(H,34,35). The number of aromatic amines is 2. The molecule has 0 aliphatic rings. The van der Waals surface area contributed by atoms with Crippen molar-refractivity contribution in [1.29, 1.82) is 0 Å². The third kappa shape index (κ3) is 4.54. The quantitative estimate of drug-likeness (QED) is 0.289. The van der Waals surface area contributed by atoms with E-state index in [1.807, 2.05) is 61.5 Å². The van der Waals surface area contributed by atoms with Crippen molar-refractivity contribution in [3.05, 3.63) is 85.1 Å². The summed E-state index contributed by atoms with van der Waals surface area (Å²) in [6.45, 7) is 1.23. The van der Waals surface area contributed by atoms with E-state index in [-0.39, 0.29) is 5.82 Å². The normalized spacial score (nSPS) is 11.6. The van der Waals surface area contributed by atoms with Gasteiger partial charge in [-0.3, -0.25) is 15.1 Å². The number of rotatable bonds is 7. The first-order valence-electron chi connectivity index (χ1n) is 12.0. The minimum Gasteiger partial charge on any atom is -0.492 e. The molecule has 184 valence electrons. The van der Waals surface area contributed by atoms with Gasteiger partial charge < -0.3 is 14.6 Å². The molecule has 0 amide bonds. The number of fused-ring (bicyclic) bond motifs is 2. The minimum absolute atomic E-state index is 0.334. The lowest BCUT2D eigenvalue weighted by molar-refractivity contribution is 0.260. The lowest BCUT2D eigenvalue weighted by Gasteiger charge is -2.12. The fourth-order valence-electron chi connectivity index (χ4n) is 4.48. The maximum atomic E-state index is 14.6. The van der Waals surface area contributed by atoms with Crippen LogP contribution in [0.25, 0.3) is 55.6 Å². The number of nitrogens with zero attached hydrogens (tertiary/aromatic N) is 4. The van der Waals surface area contributed by atoms with Gasteiger partial charge in [0.25, 0.3) is 0 Å². The highest BCUT2D eigenvalue weighted by Crippen LogP contribution is 2.36. The number of ether oxygens (including phenoxy) is 1. The second-order valence-electron chi connectivity index (χ2n) is 9.20. The zero-order chi connectivity index (χ0) is 25.4. The van der Waals surface area contributed by atoms with Crippen LogP contribution in [0.2, 0.25) is 0 Å². The van der Waals surface area contributed by atoms with Crippen LogP contribution < -0.4 is 4.74 Å². The van der Waals surface area contributed by atoms with Gasteiger partial charge in [-0.05, 0) is 67.7 Å². The number of hydrogen-bond acceptors (Lipinski definition) is 5. The summed E-state index contributed by atoms with van der Waals surface area (Å²) >= 11 is 0. The molecule has 0 saturated heterocycles. The molecule has 0 bridgehead atoms. The van der Waals surface area contributed by atoms with E-state index in [1.54, 1.807) is 18.6 Å². The average Bonchev–Trinajstić information content (AvgIpc) is 3.52. The van der Waals surface area contributed by atoms with E-state index < -0.39 is 0 Å². The number of aromatic nitrogens is 5. The lowest BCUT2D eigenvalue weighted by Crippen LogP contribution is -2.19. The summed E-state index contributed by atoms with van der Waals surface area (Å²) in [4.78, 5) is 14.2. The average molecular weight is 493 g/mol. The summed E-state index contributed by atoms with van der Waals surface area (Å²) < 4.78 is 20.4. The van der Waals surface area contributed by atoms with Gasteiger partial charge in [0, 0.05) is 46.9 Å². The molecule has 0 radical (unpaired) electrons. The molecule has 0 saturated carbocycles. The predicted molar refractivity (Wildman–Crippen MR) is 144 cm³/mol. The largest absolute Gasteiger partial charge is 0.492 e. The maximum absolute atomic E-state index is 14.6. The molecule has 4 heterocycles. The molecule has 0 aliphatic heterocycles. The molecular formula is C29H25FN6O. The van der Waals surface area contributed by atoms with Gasteiger partial charge in [0.15, 0.2) is 0 Å². The number of hydrogen-bond donors (Lipinski definition) is 2. The van der Waals surface area contributed by atoms with E-state index in [0.717, 1.165) is 62.1 Å². The van der Waals surface area contributed by atoms with Crippen LogP contribution in [0, 0.1) is 5.82 Å². The number of benzene rings is 2. The fourth-order valence-corrected chi connectivity index (χ4v) is 4.48. The molecular weight excluding hydrogens is 467 g/mol. The molecule has 8 heteroatoms. The van der Waals surface area contributed by atoms with Gasteiger partial charge in [-0.2, -0.15) is 5.10 Å². The van der Waals surface area contributed by atoms with Gasteiger partial charge in [0.1, 0.15) is 23.9 Å². The summed E-state index contributed by atoms with van der Waals surface area (Å²) in [6.07, 6.45) is 5.30. The SMILES string of the molecule is CN(C)CCOc1cc(F)cc(-c2cccc3[nH]c(-c4n[nH]c5cnc(-c6ccncc6)cc45)cc23)c1. The highest BCUT2D eigenvalue weighted by atomic mass is 19.1. The lowest BCUT2D eigenvalue weighted by atomic mass is 10.0. The van der Waals surface area contributed by atoms with E-state index in [1.165, 1.54) is 12.1 Å². The van der Waals surface area contributed by atoms with Gasteiger partial charge in [-0.25, -0.2) is 4.39 Å². The predicted octanol–water partition coefficient (Wildman–Crippen LogP) is 5.91. The molecule has 37 heavy (non-hydrogen) atoms. The molecule has 0 fully saturated rings. The Hall–Kier alpha value is -4.56. The van der Waals surface area contributed by atoms with E-state index in [0.29, 0.717) is 12.4 Å². The zero-order valence-electron chi connectivity index (χ0n) is 20.5. The molecule has 6 aromatic rings. The van der Waals surface area contributed by atoms with Crippen molar-refractivity contribution in [3.63, 3.8) is 0 Å². The van der Waals surface area contributed by atoms with Gasteiger partial charge in [0.05, 0.1) is 23.1 Å². The molecule has 2 N–H and O–H groups in total. The first kappa shape index (κ1) is 22.9. The molecule has 0 spiro atoms. The number of H-pyrrole nitrogens is 2. The summed E-state index contributed by atoms with van der Waals surface area (Å²) in [7, 11) is 3.95. The molecule has 0 atom stereocenters. The van der Waals surface area contributed by atoms with Crippen molar-refractivity contribution < 1.29 is 9.13 Å². The van der Waals surface area contributed by atoms with Crippen LogP contribution in [0.15, 0.2) is 79.3 Å². The first-order chi connectivity index (χ1) is 18.0. The molecule has 0 unspecified atom stereocenters. The Bertz CT molecular complexity index is 1710. The second kappa shape index (κ2) is 9.48. The van der Waals surface area contributed by atoms with Crippen LogP contribution in [0.4, 0.5) is 4.39 Å². The highest BCUT2D eigenvalue weighted by Gasteiger charge is 2.15. The number of likely N-dealkylation sites (N-methyl/N-ethyl adjacent to an activating group) is 1. The van der Waals surface area contributed by atoms with Gasteiger partial charge in [-0.1, -0.05) is 12.1 Å². The van der Waals surface area contributed by atoms with Crippen LogP contribution in [0.3, 0.4) is 0 Å². The Morgan fingerprint density at radius 1 is 0.919 bits per heavy atom. The summed E-state index contributed by atoms with van der Waals surface area (Å²) in [5.41, 5.74) is 6.93. The Morgan fingerprint density at radius 3 is 2.62 bits per heavy atom. The van der Waals surface area contributed by atoms with E-state index in [2.05, 4.69) is 31.2 Å². The molecule has 7 nitrogen and oxygen atoms in total. The Balaban J connectivity index is 1.41. The summed E-state index contributed by atoms with van der Waals surface area (Å²) in [5, 5.41) is 9.60. The zero-order valence-corrected chi connectivity index (χ0v) is 20.5. The second-order valence-corrected chi connectivity index (χ2v) is 9.20. The van der Waals surface area contributed by atoms with Crippen molar-refractivity contribution in [2.24, 2.45) is 0 Å². The van der Waals surface area contributed by atoms with Crippen LogP contribution in [-0.2, 0) is 0 Å². The maximum Gasteiger partial charge on any atom is 0.127 e. The van der Waals surface area contributed by atoms with Crippen molar-refractivity contribution in [2.75, 3.05) is 27.2 Å². The molecule has 2 aromatic carbocycles. The Labute approximate surface area is 213 Å². The van der Waals surface area contributed by atoms with Crippen LogP contribution in [-0.4, -0.2) is 57.3 Å². The first-order valence-corrected chi connectivity index (χ1v) is 12.0. The van der Waals surface area contributed by atoms with Gasteiger partial charge in [-0.15, -0.1) is 0 Å². The molecule has 4 aromatic heterocycles. The molecule has 6 rings (SSSR count). The Morgan fingerprint density at radius 2 is 1.78 bits per heavy atom. The van der Waals surface area contributed by atoms with Crippen molar-refractivity contribution in [3.8, 4) is 39.5 Å². The van der Waals surface area contributed by atoms with Crippen molar-refractivity contribution in [2.45, 2.75) is 0 Å². The van der Waals surface area contributed by atoms with E-state index in [9.17, 15) is 4.39 Å². The van der Waals surface area contributed by atoms with Crippen molar-refractivity contribution in [1.82, 2.24) is 30.0 Å². The third-order valence-electron chi connectivity index (χ3n) is 6.33. The number of halogens is 1. The van der Waals surface area contributed by atoms with Crippen LogP contribution >= 0.6 is 0 Å².